The molecule has 4 nitrogen and oxygen atoms in total. The van der Waals surface area contributed by atoms with Crippen molar-refractivity contribution in [3.05, 3.63) is 59.8 Å². The Kier molecular flexibility index (Phi) is 5.12. The van der Waals surface area contributed by atoms with Crippen LogP contribution in [0.15, 0.2) is 48.5 Å². The molecule has 0 aliphatic carbocycles. The number of ketones is 1. The maximum absolute atomic E-state index is 13.0. The molecule has 0 aliphatic rings. The van der Waals surface area contributed by atoms with Crippen molar-refractivity contribution < 1.29 is 27.4 Å². The first-order valence-electron chi connectivity index (χ1n) is 8.29. The molecule has 1 aromatic heterocycles. The quantitative estimate of drug-likeness (QED) is 0.581. The zero-order valence-electron chi connectivity index (χ0n) is 14.8. The molecule has 0 amide bonds. The Morgan fingerprint density at radius 1 is 1.04 bits per heavy atom. The van der Waals surface area contributed by atoms with Crippen molar-refractivity contribution in [1.82, 2.24) is 4.57 Å². The van der Waals surface area contributed by atoms with Crippen LogP contribution in [0.5, 0.6) is 11.5 Å². The molecule has 27 heavy (non-hydrogen) atoms. The third-order valence-corrected chi connectivity index (χ3v) is 4.36. The van der Waals surface area contributed by atoms with Crippen molar-refractivity contribution >= 4 is 16.7 Å². The summed E-state index contributed by atoms with van der Waals surface area (Å²) in [7, 11) is 1.53. The smallest absolute Gasteiger partial charge is 0.454 e. The molecule has 0 N–H and O–H groups in total. The van der Waals surface area contributed by atoms with Gasteiger partial charge in [0, 0.05) is 16.6 Å². The van der Waals surface area contributed by atoms with E-state index in [2.05, 4.69) is 0 Å². The van der Waals surface area contributed by atoms with Crippen molar-refractivity contribution in [2.45, 2.75) is 19.6 Å². The molecule has 3 rings (SSSR count). The van der Waals surface area contributed by atoms with Gasteiger partial charge < -0.3 is 14.0 Å². The summed E-state index contributed by atoms with van der Waals surface area (Å²) in [6, 6.07) is 13.7. The minimum absolute atomic E-state index is 0.208. The van der Waals surface area contributed by atoms with Crippen LogP contribution in [0.4, 0.5) is 13.2 Å². The first-order valence-corrected chi connectivity index (χ1v) is 8.29. The molecule has 3 aromatic rings. The van der Waals surface area contributed by atoms with E-state index in [1.165, 1.54) is 20.1 Å². The summed E-state index contributed by atoms with van der Waals surface area (Å²) in [6.45, 7) is 2.01. The van der Waals surface area contributed by atoms with Gasteiger partial charge in [0.15, 0.2) is 11.5 Å². The van der Waals surface area contributed by atoms with E-state index in [-0.39, 0.29) is 29.8 Å². The van der Waals surface area contributed by atoms with E-state index < -0.39 is 12.0 Å². The Balaban J connectivity index is 1.91. The number of hydrogen-bond acceptors (Lipinski definition) is 3. The van der Waals surface area contributed by atoms with Gasteiger partial charge in [0.1, 0.15) is 6.61 Å². The zero-order valence-corrected chi connectivity index (χ0v) is 14.8. The molecule has 0 atom stereocenters. The maximum atomic E-state index is 13.0. The lowest BCUT2D eigenvalue weighted by Crippen LogP contribution is -2.23. The van der Waals surface area contributed by atoms with Gasteiger partial charge in [-0.1, -0.05) is 30.3 Å². The number of carbonyl (C=O) groups excluding carboxylic acids is 1. The molecule has 0 saturated heterocycles. The van der Waals surface area contributed by atoms with Gasteiger partial charge in [0.2, 0.25) is 0 Å². The Morgan fingerprint density at radius 3 is 2.33 bits per heavy atom. The van der Waals surface area contributed by atoms with E-state index in [9.17, 15) is 18.0 Å². The third kappa shape index (κ3) is 3.63. The maximum Gasteiger partial charge on any atom is 0.454 e. The van der Waals surface area contributed by atoms with E-state index in [0.29, 0.717) is 17.0 Å². The molecular formula is C20H18F3NO3. The van der Waals surface area contributed by atoms with Crippen molar-refractivity contribution in [3.63, 3.8) is 0 Å². The molecule has 142 valence electrons. The number of fused-ring (bicyclic) bond motifs is 1. The summed E-state index contributed by atoms with van der Waals surface area (Å²) in [5.41, 5.74) is 0.517. The topological polar surface area (TPSA) is 40.5 Å². The van der Waals surface area contributed by atoms with Gasteiger partial charge in [-0.25, -0.2) is 0 Å². The van der Waals surface area contributed by atoms with Gasteiger partial charge in [-0.2, -0.15) is 13.2 Å². The summed E-state index contributed by atoms with van der Waals surface area (Å²) in [4.78, 5) is 11.9. The van der Waals surface area contributed by atoms with E-state index in [4.69, 9.17) is 9.47 Å². The second-order valence-corrected chi connectivity index (χ2v) is 5.96. The van der Waals surface area contributed by atoms with Gasteiger partial charge in [-0.15, -0.1) is 0 Å². The van der Waals surface area contributed by atoms with Crippen molar-refractivity contribution in [1.29, 1.82) is 0 Å². The number of halogens is 3. The van der Waals surface area contributed by atoms with Crippen LogP contribution in [0.25, 0.3) is 10.9 Å². The Bertz CT molecular complexity index is 976. The first-order chi connectivity index (χ1) is 12.8. The second kappa shape index (κ2) is 7.34. The van der Waals surface area contributed by atoms with Crippen LogP contribution in [0.1, 0.15) is 16.1 Å². The van der Waals surface area contributed by atoms with Gasteiger partial charge in [-0.3, -0.25) is 4.79 Å². The van der Waals surface area contributed by atoms with Crippen LogP contribution in [-0.4, -0.2) is 30.2 Å². The Hall–Kier alpha value is -2.96. The highest BCUT2D eigenvalue weighted by atomic mass is 19.4. The van der Waals surface area contributed by atoms with Crippen LogP contribution in [0.3, 0.4) is 0 Å². The summed E-state index contributed by atoms with van der Waals surface area (Å²) in [5.74, 6) is -0.721. The molecule has 0 radical (unpaired) electrons. The lowest BCUT2D eigenvalue weighted by molar-refractivity contribution is -0.0884. The number of carbonyl (C=O) groups is 1. The molecule has 0 unspecified atom stereocenters. The molecular weight excluding hydrogens is 359 g/mol. The fourth-order valence-corrected chi connectivity index (χ4v) is 3.13. The van der Waals surface area contributed by atoms with E-state index in [0.717, 1.165) is 0 Å². The minimum Gasteiger partial charge on any atom is -0.493 e. The predicted octanol–water partition coefficient (Wildman–Crippen LogP) is 4.78. The number of benzene rings is 2. The van der Waals surface area contributed by atoms with Gasteiger partial charge in [-0.05, 0) is 25.1 Å². The average Bonchev–Trinajstić information content (AvgIpc) is 2.92. The number of aromatic nitrogens is 1. The number of rotatable bonds is 6. The predicted molar refractivity (Wildman–Crippen MR) is 95.5 cm³/mol. The van der Waals surface area contributed by atoms with Crippen LogP contribution in [-0.2, 0) is 6.54 Å². The molecule has 0 saturated carbocycles. The highest BCUT2D eigenvalue weighted by Crippen LogP contribution is 2.32. The number of nitrogens with zero attached hydrogens (tertiary/aromatic N) is 1. The highest BCUT2D eigenvalue weighted by molar-refractivity contribution is 6.12. The van der Waals surface area contributed by atoms with Gasteiger partial charge in [0.25, 0.3) is 5.78 Å². The van der Waals surface area contributed by atoms with Gasteiger partial charge in [0.05, 0.1) is 19.2 Å². The van der Waals surface area contributed by atoms with Crippen LogP contribution in [0, 0.1) is 6.92 Å². The van der Waals surface area contributed by atoms with Crippen LogP contribution >= 0.6 is 0 Å². The zero-order chi connectivity index (χ0) is 19.6. The number of para-hydroxylation sites is 3. The van der Waals surface area contributed by atoms with Crippen molar-refractivity contribution in [2.75, 3.05) is 13.7 Å². The third-order valence-electron chi connectivity index (χ3n) is 4.36. The normalized spacial score (nSPS) is 11.6. The first kappa shape index (κ1) is 18.8. The summed E-state index contributed by atoms with van der Waals surface area (Å²) < 4.78 is 51.6. The number of Topliss-reactive ketones (excluding diaryl/α,β-unsaturated/α-hetero) is 1. The average molecular weight is 377 g/mol. The molecule has 0 spiro atoms. The fraction of sp³-hybridized carbons (Fsp3) is 0.250. The lowest BCUT2D eigenvalue weighted by atomic mass is 10.1. The van der Waals surface area contributed by atoms with E-state index in [1.807, 2.05) is 6.07 Å². The largest absolute Gasteiger partial charge is 0.493 e. The summed E-state index contributed by atoms with van der Waals surface area (Å²) in [6.07, 6.45) is -4.92. The molecule has 2 aromatic carbocycles. The number of alkyl halides is 3. The Morgan fingerprint density at radius 2 is 1.67 bits per heavy atom. The van der Waals surface area contributed by atoms with E-state index >= 15 is 0 Å². The molecule has 0 bridgehead atoms. The van der Waals surface area contributed by atoms with Crippen molar-refractivity contribution in [3.8, 4) is 11.5 Å². The van der Waals surface area contributed by atoms with Crippen LogP contribution in [0.2, 0.25) is 0 Å². The van der Waals surface area contributed by atoms with E-state index in [1.54, 1.807) is 41.0 Å². The second-order valence-electron chi connectivity index (χ2n) is 5.96. The van der Waals surface area contributed by atoms with Crippen LogP contribution < -0.4 is 9.47 Å². The number of ether oxygens (including phenoxy) is 2. The minimum atomic E-state index is -4.92. The molecule has 0 aliphatic heterocycles. The number of methoxy groups -OCH3 is 1. The molecule has 1 heterocycles. The standard InChI is InChI=1S/C20H18F3NO3/c1-13-18(19(25)20(21,22)23)14-7-3-4-8-15(14)24(13)11-12-27-17-10-6-5-9-16(17)26-2/h3-10H,11-12H2,1-2H3. The molecule has 7 heteroatoms. The van der Waals surface area contributed by atoms with Crippen molar-refractivity contribution in [2.24, 2.45) is 0 Å². The summed E-state index contributed by atoms with van der Waals surface area (Å²) >= 11 is 0. The monoisotopic (exact) mass is 377 g/mol. The van der Waals surface area contributed by atoms with Gasteiger partial charge >= 0.3 is 6.18 Å². The SMILES string of the molecule is COc1ccccc1OCCn1c(C)c(C(=O)C(F)(F)F)c2ccccc21. The molecule has 0 fully saturated rings. The number of hydrogen-bond donors (Lipinski definition) is 0. The highest BCUT2D eigenvalue weighted by Gasteiger charge is 2.42. The fourth-order valence-electron chi connectivity index (χ4n) is 3.13. The lowest BCUT2D eigenvalue weighted by Gasteiger charge is -2.13. The summed E-state index contributed by atoms with van der Waals surface area (Å²) in [5, 5.41) is 0.287. The Labute approximate surface area is 154 Å².